The summed E-state index contributed by atoms with van der Waals surface area (Å²) >= 11 is 6.03. The number of ether oxygens (including phenoxy) is 1. The van der Waals surface area contributed by atoms with E-state index < -0.39 is 16.1 Å². The third kappa shape index (κ3) is 5.09. The van der Waals surface area contributed by atoms with Gasteiger partial charge in [-0.2, -0.15) is 4.72 Å². The highest BCUT2D eigenvalue weighted by atomic mass is 35.5. The average Bonchev–Trinajstić information content (AvgIpc) is 3.07. The van der Waals surface area contributed by atoms with Crippen LogP contribution in [0.15, 0.2) is 23.1 Å². The minimum absolute atomic E-state index is 0.0151. The summed E-state index contributed by atoms with van der Waals surface area (Å²) in [5.41, 5.74) is 0. The number of nitrogens with zero attached hydrogens (tertiary/aromatic N) is 1. The molecule has 1 heterocycles. The Labute approximate surface area is 154 Å². The summed E-state index contributed by atoms with van der Waals surface area (Å²) in [5.74, 6) is 0.417. The van der Waals surface area contributed by atoms with Crippen LogP contribution in [0.3, 0.4) is 0 Å². The number of carbonyl (C=O) groups excluding carboxylic acids is 1. The minimum atomic E-state index is -3.86. The molecule has 6 nitrogen and oxygen atoms in total. The third-order valence-electron chi connectivity index (χ3n) is 4.15. The molecule has 0 saturated carbocycles. The molecule has 1 N–H and O–H groups in total. The van der Waals surface area contributed by atoms with Crippen molar-refractivity contribution < 1.29 is 17.9 Å². The van der Waals surface area contributed by atoms with Crippen LogP contribution in [0.5, 0.6) is 5.75 Å². The van der Waals surface area contributed by atoms with E-state index in [0.717, 1.165) is 12.8 Å². The molecule has 1 aromatic rings. The zero-order valence-electron chi connectivity index (χ0n) is 14.8. The number of likely N-dealkylation sites (tertiary alicyclic amines) is 1. The van der Waals surface area contributed by atoms with Gasteiger partial charge in [0, 0.05) is 13.1 Å². The summed E-state index contributed by atoms with van der Waals surface area (Å²) in [4.78, 5) is 14.5. The third-order valence-corrected chi connectivity index (χ3v) is 5.92. The van der Waals surface area contributed by atoms with Gasteiger partial charge in [-0.15, -0.1) is 0 Å². The van der Waals surface area contributed by atoms with Crippen molar-refractivity contribution in [2.45, 2.75) is 44.0 Å². The first-order valence-electron chi connectivity index (χ1n) is 8.39. The molecule has 0 unspecified atom stereocenters. The number of halogens is 1. The van der Waals surface area contributed by atoms with Crippen LogP contribution in [0.4, 0.5) is 0 Å². The Bertz CT molecular complexity index is 715. The van der Waals surface area contributed by atoms with E-state index in [2.05, 4.69) is 4.72 Å². The fourth-order valence-corrected chi connectivity index (χ4v) is 4.45. The molecular weight excluding hydrogens is 364 g/mol. The minimum Gasteiger partial charge on any atom is -0.495 e. The van der Waals surface area contributed by atoms with Crippen LogP contribution in [0.2, 0.25) is 5.02 Å². The van der Waals surface area contributed by atoms with E-state index in [1.54, 1.807) is 4.90 Å². The lowest BCUT2D eigenvalue weighted by Gasteiger charge is -2.25. The summed E-state index contributed by atoms with van der Waals surface area (Å²) in [6.45, 7) is 5.29. The number of benzene rings is 1. The molecule has 1 aromatic carbocycles. The lowest BCUT2D eigenvalue weighted by molar-refractivity contribution is -0.132. The van der Waals surface area contributed by atoms with E-state index in [1.807, 2.05) is 13.8 Å². The van der Waals surface area contributed by atoms with Gasteiger partial charge in [0.1, 0.15) is 11.8 Å². The van der Waals surface area contributed by atoms with Gasteiger partial charge < -0.3 is 9.64 Å². The second-order valence-electron chi connectivity index (χ2n) is 6.63. The van der Waals surface area contributed by atoms with Gasteiger partial charge in [0.25, 0.3) is 0 Å². The summed E-state index contributed by atoms with van der Waals surface area (Å²) in [6, 6.07) is 3.47. The SMILES string of the molecule is COc1ccc(S(=O)(=O)N[C@@H](CC(C)C)C(=O)N2CCCC2)cc1Cl. The molecule has 0 spiro atoms. The normalized spacial score (nSPS) is 16.3. The predicted molar refractivity (Wildman–Crippen MR) is 97.4 cm³/mol. The second-order valence-corrected chi connectivity index (χ2v) is 8.75. The van der Waals surface area contributed by atoms with Crippen LogP contribution in [0, 0.1) is 5.92 Å². The number of carbonyl (C=O) groups is 1. The van der Waals surface area contributed by atoms with Crippen LogP contribution < -0.4 is 9.46 Å². The summed E-state index contributed by atoms with van der Waals surface area (Å²) in [5, 5.41) is 0.205. The summed E-state index contributed by atoms with van der Waals surface area (Å²) < 4.78 is 33.0. The fourth-order valence-electron chi connectivity index (χ4n) is 2.90. The molecule has 0 aliphatic carbocycles. The van der Waals surface area contributed by atoms with Gasteiger partial charge in [-0.25, -0.2) is 8.42 Å². The van der Waals surface area contributed by atoms with Crippen LogP contribution in [-0.4, -0.2) is 45.5 Å². The topological polar surface area (TPSA) is 75.7 Å². The highest BCUT2D eigenvalue weighted by molar-refractivity contribution is 7.89. The van der Waals surface area contributed by atoms with Crippen molar-refractivity contribution in [2.75, 3.05) is 20.2 Å². The number of nitrogens with one attached hydrogen (secondary N) is 1. The van der Waals surface area contributed by atoms with E-state index in [4.69, 9.17) is 16.3 Å². The second kappa shape index (κ2) is 8.38. The zero-order valence-corrected chi connectivity index (χ0v) is 16.4. The van der Waals surface area contributed by atoms with Crippen molar-refractivity contribution in [1.82, 2.24) is 9.62 Å². The van der Waals surface area contributed by atoms with Gasteiger partial charge in [-0.1, -0.05) is 25.4 Å². The first-order valence-corrected chi connectivity index (χ1v) is 10.3. The molecule has 140 valence electrons. The number of sulfonamides is 1. The molecule has 0 bridgehead atoms. The van der Waals surface area contributed by atoms with Crippen LogP contribution in [0.1, 0.15) is 33.1 Å². The Hall–Kier alpha value is -1.31. The highest BCUT2D eigenvalue weighted by Gasteiger charge is 2.31. The predicted octanol–water partition coefficient (Wildman–Crippen LogP) is 2.66. The lowest BCUT2D eigenvalue weighted by atomic mass is 10.0. The van der Waals surface area contributed by atoms with Gasteiger partial charge in [0.15, 0.2) is 0 Å². The smallest absolute Gasteiger partial charge is 0.241 e. The average molecular weight is 389 g/mol. The Balaban J connectivity index is 2.23. The quantitative estimate of drug-likeness (QED) is 0.779. The maximum Gasteiger partial charge on any atom is 0.241 e. The van der Waals surface area contributed by atoms with Crippen molar-refractivity contribution in [3.8, 4) is 5.75 Å². The summed E-state index contributed by atoms with van der Waals surface area (Å²) in [7, 11) is -2.41. The maximum atomic E-state index is 12.7. The van der Waals surface area contributed by atoms with Gasteiger partial charge in [0.05, 0.1) is 17.0 Å². The first-order chi connectivity index (χ1) is 11.7. The molecule has 1 aliphatic heterocycles. The standard InChI is InChI=1S/C17H25ClN2O4S/c1-12(2)10-15(17(21)20-8-4-5-9-20)19-25(22,23)13-6-7-16(24-3)14(18)11-13/h6-7,11-12,15,19H,4-5,8-10H2,1-3H3/t15-/m0/s1. The number of hydrogen-bond donors (Lipinski definition) is 1. The Morgan fingerprint density at radius 1 is 1.32 bits per heavy atom. The first kappa shape index (κ1) is 20.0. The number of methoxy groups -OCH3 is 1. The van der Waals surface area contributed by atoms with E-state index in [0.29, 0.717) is 25.3 Å². The number of hydrogen-bond acceptors (Lipinski definition) is 4. The van der Waals surface area contributed by atoms with E-state index in [9.17, 15) is 13.2 Å². The molecule has 1 atom stereocenters. The van der Waals surface area contributed by atoms with Crippen molar-refractivity contribution in [2.24, 2.45) is 5.92 Å². The molecule has 2 rings (SSSR count). The molecule has 1 amide bonds. The number of rotatable bonds is 7. The molecule has 0 aromatic heterocycles. The van der Waals surface area contributed by atoms with E-state index in [1.165, 1.54) is 25.3 Å². The van der Waals surface area contributed by atoms with Crippen molar-refractivity contribution in [3.05, 3.63) is 23.2 Å². The molecule has 0 radical (unpaired) electrons. The van der Waals surface area contributed by atoms with E-state index in [-0.39, 0.29) is 21.7 Å². The van der Waals surface area contributed by atoms with Gasteiger partial charge in [-0.05, 0) is 43.4 Å². The van der Waals surface area contributed by atoms with Crippen LogP contribution in [-0.2, 0) is 14.8 Å². The lowest BCUT2D eigenvalue weighted by Crippen LogP contribution is -2.48. The van der Waals surface area contributed by atoms with Crippen LogP contribution in [0.25, 0.3) is 0 Å². The number of amides is 1. The zero-order chi connectivity index (χ0) is 18.6. The molecule has 8 heteroatoms. The highest BCUT2D eigenvalue weighted by Crippen LogP contribution is 2.27. The van der Waals surface area contributed by atoms with Crippen LogP contribution >= 0.6 is 11.6 Å². The maximum absolute atomic E-state index is 12.7. The molecule has 25 heavy (non-hydrogen) atoms. The molecule has 1 fully saturated rings. The van der Waals surface area contributed by atoms with Crippen molar-refractivity contribution >= 4 is 27.5 Å². The molecule has 1 aliphatic rings. The van der Waals surface area contributed by atoms with Gasteiger partial charge >= 0.3 is 0 Å². The Morgan fingerprint density at radius 2 is 1.96 bits per heavy atom. The summed E-state index contributed by atoms with van der Waals surface area (Å²) in [6.07, 6.45) is 2.36. The van der Waals surface area contributed by atoms with Gasteiger partial charge in [-0.3, -0.25) is 4.79 Å². The largest absolute Gasteiger partial charge is 0.495 e. The van der Waals surface area contributed by atoms with E-state index >= 15 is 0 Å². The Kier molecular flexibility index (Phi) is 6.71. The van der Waals surface area contributed by atoms with Gasteiger partial charge in [0.2, 0.25) is 15.9 Å². The molecular formula is C17H25ClN2O4S. The molecule has 1 saturated heterocycles. The van der Waals surface area contributed by atoms with Crippen molar-refractivity contribution in [3.63, 3.8) is 0 Å². The monoisotopic (exact) mass is 388 g/mol. The Morgan fingerprint density at radius 3 is 2.48 bits per heavy atom. The fraction of sp³-hybridized carbons (Fsp3) is 0.588. The van der Waals surface area contributed by atoms with Crippen molar-refractivity contribution in [1.29, 1.82) is 0 Å².